The minimum atomic E-state index is -0.535. The number of hydrogen-bond acceptors (Lipinski definition) is 6. The number of ether oxygens (including phenoxy) is 1. The number of halogens is 1. The first-order valence-electron chi connectivity index (χ1n) is 9.94. The molecule has 1 heterocycles. The quantitative estimate of drug-likeness (QED) is 0.297. The minimum Gasteiger partial charge on any atom is -0.383 e. The van der Waals surface area contributed by atoms with Gasteiger partial charge in [0.1, 0.15) is 11.5 Å². The van der Waals surface area contributed by atoms with E-state index >= 15 is 0 Å². The number of rotatable bonds is 9. The van der Waals surface area contributed by atoms with Gasteiger partial charge in [-0.2, -0.15) is 5.10 Å². The first-order valence-corrected chi connectivity index (χ1v) is 9.94. The Bertz CT molecular complexity index is 1110. The molecule has 0 aliphatic heterocycles. The molecule has 168 valence electrons. The van der Waals surface area contributed by atoms with Crippen LogP contribution in [0.4, 0.5) is 15.8 Å². The van der Waals surface area contributed by atoms with E-state index in [2.05, 4.69) is 15.7 Å². The molecule has 0 aliphatic carbocycles. The van der Waals surface area contributed by atoms with Crippen LogP contribution in [0.3, 0.4) is 0 Å². The van der Waals surface area contributed by atoms with Crippen molar-refractivity contribution in [3.8, 4) is 5.69 Å². The van der Waals surface area contributed by atoms with Crippen LogP contribution in [0.15, 0.2) is 48.7 Å². The fourth-order valence-electron chi connectivity index (χ4n) is 3.31. The maximum Gasteiger partial charge on any atom is 0.293 e. The summed E-state index contributed by atoms with van der Waals surface area (Å²) in [7, 11) is 1.54. The molecule has 1 aromatic heterocycles. The van der Waals surface area contributed by atoms with Gasteiger partial charge in [-0.25, -0.2) is 9.07 Å². The lowest BCUT2D eigenvalue weighted by Crippen LogP contribution is -2.27. The molecule has 0 bridgehead atoms. The topological polar surface area (TPSA) is 111 Å². The number of nitro groups is 1. The maximum absolute atomic E-state index is 13.2. The highest BCUT2D eigenvalue weighted by Gasteiger charge is 2.21. The van der Waals surface area contributed by atoms with Gasteiger partial charge < -0.3 is 15.4 Å². The first kappa shape index (κ1) is 22.9. The molecule has 0 saturated carbocycles. The van der Waals surface area contributed by atoms with Gasteiger partial charge in [0.25, 0.3) is 11.6 Å². The lowest BCUT2D eigenvalue weighted by atomic mass is 10.1. The van der Waals surface area contributed by atoms with Crippen molar-refractivity contribution < 1.29 is 18.8 Å². The van der Waals surface area contributed by atoms with E-state index in [9.17, 15) is 19.3 Å². The monoisotopic (exact) mass is 441 g/mol. The minimum absolute atomic E-state index is 0.171. The molecule has 0 fully saturated rings. The van der Waals surface area contributed by atoms with E-state index in [4.69, 9.17) is 4.74 Å². The summed E-state index contributed by atoms with van der Waals surface area (Å²) < 4.78 is 19.8. The first-order chi connectivity index (χ1) is 15.3. The average molecular weight is 441 g/mol. The van der Waals surface area contributed by atoms with Crippen LogP contribution in [0.5, 0.6) is 0 Å². The molecule has 0 radical (unpaired) electrons. The molecular weight excluding hydrogens is 417 g/mol. The summed E-state index contributed by atoms with van der Waals surface area (Å²) in [5.74, 6) is -0.786. The number of hydrogen-bond donors (Lipinski definition) is 2. The van der Waals surface area contributed by atoms with Crippen LogP contribution in [-0.4, -0.2) is 40.9 Å². The van der Waals surface area contributed by atoms with Crippen molar-refractivity contribution in [1.82, 2.24) is 15.1 Å². The van der Waals surface area contributed by atoms with Gasteiger partial charge in [-0.1, -0.05) is 0 Å². The molecule has 2 N–H and O–H groups in total. The lowest BCUT2D eigenvalue weighted by molar-refractivity contribution is -0.384. The molecule has 0 saturated heterocycles. The standard InChI is InChI=1S/C22H24FN5O4/c1-14(19-13-25-27(15(19)2)18-7-5-17(23)6-8-18)26-22(29)16-4-9-20(24-10-11-32-3)21(12-16)28(30)31/h4-9,12-14,24H,10-11H2,1-3H3,(H,26,29)/t14-/m0/s1. The Morgan fingerprint density at radius 1 is 1.28 bits per heavy atom. The van der Waals surface area contributed by atoms with Gasteiger partial charge in [0, 0.05) is 36.5 Å². The van der Waals surface area contributed by atoms with Gasteiger partial charge in [0.15, 0.2) is 0 Å². The lowest BCUT2D eigenvalue weighted by Gasteiger charge is -2.15. The maximum atomic E-state index is 13.2. The van der Waals surface area contributed by atoms with E-state index in [1.807, 2.05) is 6.92 Å². The Kier molecular flexibility index (Phi) is 7.16. The van der Waals surface area contributed by atoms with E-state index in [-0.39, 0.29) is 17.1 Å². The largest absolute Gasteiger partial charge is 0.383 e. The Balaban J connectivity index is 1.76. The highest BCUT2D eigenvalue weighted by atomic mass is 19.1. The Labute approximate surface area is 184 Å². The molecule has 3 aromatic rings. The van der Waals surface area contributed by atoms with Crippen molar-refractivity contribution in [3.05, 3.63) is 81.4 Å². The fourth-order valence-corrected chi connectivity index (χ4v) is 3.31. The highest BCUT2D eigenvalue weighted by molar-refractivity contribution is 5.96. The molecule has 1 atom stereocenters. The SMILES string of the molecule is COCCNc1ccc(C(=O)N[C@@H](C)c2cnn(-c3ccc(F)cc3)c2C)cc1[N+](=O)[O-]. The second-order valence-electron chi connectivity index (χ2n) is 7.18. The zero-order chi connectivity index (χ0) is 23.3. The molecule has 9 nitrogen and oxygen atoms in total. The number of carbonyl (C=O) groups excluding carboxylic acids is 1. The summed E-state index contributed by atoms with van der Waals surface area (Å²) in [5.41, 5.74) is 2.54. The smallest absolute Gasteiger partial charge is 0.293 e. The third-order valence-electron chi connectivity index (χ3n) is 5.01. The van der Waals surface area contributed by atoms with Crippen LogP contribution in [0.1, 0.15) is 34.6 Å². The molecule has 0 spiro atoms. The summed E-state index contributed by atoms with van der Waals surface area (Å²) in [6, 6.07) is 9.79. The molecule has 3 rings (SSSR count). The Morgan fingerprint density at radius 2 is 2.00 bits per heavy atom. The number of benzene rings is 2. The van der Waals surface area contributed by atoms with Crippen LogP contribution >= 0.6 is 0 Å². The van der Waals surface area contributed by atoms with Gasteiger partial charge >= 0.3 is 0 Å². The van der Waals surface area contributed by atoms with Crippen LogP contribution in [0, 0.1) is 22.9 Å². The summed E-state index contributed by atoms with van der Waals surface area (Å²) in [4.78, 5) is 23.7. The van der Waals surface area contributed by atoms with Crippen molar-refractivity contribution >= 4 is 17.3 Å². The second kappa shape index (κ2) is 10.0. The number of nitro benzene ring substituents is 1. The molecule has 0 unspecified atom stereocenters. The van der Waals surface area contributed by atoms with Gasteiger partial charge in [0.2, 0.25) is 0 Å². The number of anilines is 1. The predicted molar refractivity (Wildman–Crippen MR) is 118 cm³/mol. The summed E-state index contributed by atoms with van der Waals surface area (Å²) in [6.45, 7) is 4.44. The molecule has 32 heavy (non-hydrogen) atoms. The zero-order valence-corrected chi connectivity index (χ0v) is 18.0. The van der Waals surface area contributed by atoms with Crippen LogP contribution in [0.2, 0.25) is 0 Å². The van der Waals surface area contributed by atoms with Crippen LogP contribution < -0.4 is 10.6 Å². The van der Waals surface area contributed by atoms with Crippen LogP contribution in [-0.2, 0) is 4.74 Å². The molecule has 1 amide bonds. The number of amides is 1. The molecule has 10 heteroatoms. The molecular formula is C22H24FN5O4. The van der Waals surface area contributed by atoms with E-state index in [1.54, 1.807) is 29.9 Å². The third kappa shape index (κ3) is 5.09. The summed E-state index contributed by atoms with van der Waals surface area (Å²) >= 11 is 0. The van der Waals surface area contributed by atoms with Crippen LogP contribution in [0.25, 0.3) is 5.69 Å². The average Bonchev–Trinajstić information content (AvgIpc) is 3.15. The van der Waals surface area contributed by atoms with E-state index in [0.717, 1.165) is 11.3 Å². The van der Waals surface area contributed by atoms with Gasteiger partial charge in [-0.3, -0.25) is 14.9 Å². The summed E-state index contributed by atoms with van der Waals surface area (Å²) in [6.07, 6.45) is 1.63. The Morgan fingerprint density at radius 3 is 2.66 bits per heavy atom. The number of nitrogens with one attached hydrogen (secondary N) is 2. The van der Waals surface area contributed by atoms with Gasteiger partial charge in [-0.05, 0) is 50.2 Å². The number of methoxy groups -OCH3 is 1. The predicted octanol–water partition coefficient (Wildman–Crippen LogP) is 3.78. The fraction of sp³-hybridized carbons (Fsp3) is 0.273. The number of carbonyl (C=O) groups is 1. The van der Waals surface area contributed by atoms with Crippen molar-refractivity contribution in [1.29, 1.82) is 0 Å². The van der Waals surface area contributed by atoms with E-state index in [0.29, 0.717) is 24.5 Å². The van der Waals surface area contributed by atoms with E-state index in [1.165, 1.54) is 37.4 Å². The molecule has 2 aromatic carbocycles. The van der Waals surface area contributed by atoms with Gasteiger partial charge in [-0.15, -0.1) is 0 Å². The van der Waals surface area contributed by atoms with Crippen molar-refractivity contribution in [2.75, 3.05) is 25.6 Å². The number of aromatic nitrogens is 2. The Hall–Kier alpha value is -3.79. The highest BCUT2D eigenvalue weighted by Crippen LogP contribution is 2.26. The number of nitrogens with zero attached hydrogens (tertiary/aromatic N) is 3. The summed E-state index contributed by atoms with van der Waals surface area (Å²) in [5, 5.41) is 21.6. The zero-order valence-electron chi connectivity index (χ0n) is 18.0. The second-order valence-corrected chi connectivity index (χ2v) is 7.18. The third-order valence-corrected chi connectivity index (χ3v) is 5.01. The van der Waals surface area contributed by atoms with Crippen molar-refractivity contribution in [3.63, 3.8) is 0 Å². The van der Waals surface area contributed by atoms with E-state index < -0.39 is 16.9 Å². The molecule has 0 aliphatic rings. The van der Waals surface area contributed by atoms with Gasteiger partial charge in [0.05, 0.1) is 29.5 Å². The normalized spacial score (nSPS) is 11.8. The van der Waals surface area contributed by atoms with Crippen molar-refractivity contribution in [2.45, 2.75) is 19.9 Å². The van der Waals surface area contributed by atoms with Crippen molar-refractivity contribution in [2.24, 2.45) is 0 Å².